The van der Waals surface area contributed by atoms with Gasteiger partial charge in [0.1, 0.15) is 0 Å². The van der Waals surface area contributed by atoms with Gasteiger partial charge in [-0.25, -0.2) is 8.42 Å². The lowest BCUT2D eigenvalue weighted by atomic mass is 9.88. The van der Waals surface area contributed by atoms with Crippen molar-refractivity contribution in [2.45, 2.75) is 24.0 Å². The minimum Gasteiger partial charge on any atom is -0.342 e. The maximum absolute atomic E-state index is 13.3. The number of sulfone groups is 1. The Labute approximate surface area is 184 Å². The van der Waals surface area contributed by atoms with Crippen LogP contribution < -0.4 is 0 Å². The van der Waals surface area contributed by atoms with Crippen LogP contribution in [0.5, 0.6) is 0 Å². The zero-order valence-corrected chi connectivity index (χ0v) is 18.2. The van der Waals surface area contributed by atoms with Gasteiger partial charge in [-0.15, -0.1) is 0 Å². The van der Waals surface area contributed by atoms with Crippen molar-refractivity contribution in [3.05, 3.63) is 108 Å². The Hall–Kier alpha value is -2.92. The first-order valence-corrected chi connectivity index (χ1v) is 12.4. The minimum atomic E-state index is -3.31. The van der Waals surface area contributed by atoms with E-state index in [1.54, 1.807) is 4.90 Å². The van der Waals surface area contributed by atoms with E-state index < -0.39 is 15.1 Å². The Morgan fingerprint density at radius 3 is 1.87 bits per heavy atom. The molecule has 1 unspecified atom stereocenters. The van der Waals surface area contributed by atoms with Crippen LogP contribution in [-0.2, 0) is 14.6 Å². The number of benzene rings is 3. The highest BCUT2D eigenvalue weighted by molar-refractivity contribution is 7.91. The first-order chi connectivity index (χ1) is 15.0. The lowest BCUT2D eigenvalue weighted by molar-refractivity contribution is -0.131. The van der Waals surface area contributed by atoms with Crippen LogP contribution >= 0.6 is 0 Å². The predicted octanol–water partition coefficient (Wildman–Crippen LogP) is 4.60. The molecule has 3 aromatic carbocycles. The van der Waals surface area contributed by atoms with Gasteiger partial charge in [0.2, 0.25) is 5.91 Å². The molecule has 1 atom stereocenters. The number of carbonyl (C=O) groups is 1. The molecule has 0 aromatic heterocycles. The standard InChI is InChI=1S/C26H27NO3S/c28-26(20-24(21-10-4-1-5-11-21)22-12-6-2-7-13-22)27-17-16-25(31(29,30)19-18-27)23-14-8-3-9-15-23/h1-15,24-25H,16-20H2. The van der Waals surface area contributed by atoms with Crippen LogP contribution in [0.2, 0.25) is 0 Å². The molecule has 1 heterocycles. The molecule has 0 bridgehead atoms. The monoisotopic (exact) mass is 433 g/mol. The van der Waals surface area contributed by atoms with E-state index in [2.05, 4.69) is 0 Å². The van der Waals surface area contributed by atoms with E-state index in [4.69, 9.17) is 0 Å². The number of hydrogen-bond acceptors (Lipinski definition) is 3. The summed E-state index contributed by atoms with van der Waals surface area (Å²) in [6.45, 7) is 0.703. The summed E-state index contributed by atoms with van der Waals surface area (Å²) >= 11 is 0. The topological polar surface area (TPSA) is 54.5 Å². The van der Waals surface area contributed by atoms with Crippen LogP contribution in [0, 0.1) is 0 Å². The fraction of sp³-hybridized carbons (Fsp3) is 0.269. The van der Waals surface area contributed by atoms with Crippen molar-refractivity contribution in [3.8, 4) is 0 Å². The highest BCUT2D eigenvalue weighted by atomic mass is 32.2. The maximum atomic E-state index is 13.3. The molecule has 0 aliphatic carbocycles. The fourth-order valence-corrected chi connectivity index (χ4v) is 6.13. The Kier molecular flexibility index (Phi) is 6.52. The first kappa shape index (κ1) is 21.3. The molecule has 160 valence electrons. The van der Waals surface area contributed by atoms with Gasteiger partial charge in [-0.2, -0.15) is 0 Å². The minimum absolute atomic E-state index is 0.000356. The molecule has 3 aromatic rings. The summed E-state index contributed by atoms with van der Waals surface area (Å²) in [4.78, 5) is 15.0. The van der Waals surface area contributed by atoms with Crippen LogP contribution in [0.4, 0.5) is 0 Å². The van der Waals surface area contributed by atoms with Gasteiger partial charge in [-0.1, -0.05) is 91.0 Å². The summed E-state index contributed by atoms with van der Waals surface area (Å²) in [5, 5.41) is -0.550. The van der Waals surface area contributed by atoms with Gasteiger partial charge in [-0.3, -0.25) is 4.79 Å². The van der Waals surface area contributed by atoms with Gasteiger partial charge < -0.3 is 4.90 Å². The maximum Gasteiger partial charge on any atom is 0.223 e. The van der Waals surface area contributed by atoms with Gasteiger partial charge in [0, 0.05) is 25.4 Å². The van der Waals surface area contributed by atoms with Crippen molar-refractivity contribution in [2.75, 3.05) is 18.8 Å². The van der Waals surface area contributed by atoms with Gasteiger partial charge in [0.05, 0.1) is 11.0 Å². The summed E-state index contributed by atoms with van der Waals surface area (Å²) in [6, 6.07) is 29.4. The van der Waals surface area contributed by atoms with Crippen molar-refractivity contribution in [1.29, 1.82) is 0 Å². The van der Waals surface area contributed by atoms with Crippen LogP contribution in [0.15, 0.2) is 91.0 Å². The third-order valence-corrected chi connectivity index (χ3v) is 8.17. The van der Waals surface area contributed by atoms with Crippen LogP contribution in [0.3, 0.4) is 0 Å². The van der Waals surface area contributed by atoms with E-state index in [0.29, 0.717) is 19.4 Å². The second kappa shape index (κ2) is 9.48. The highest BCUT2D eigenvalue weighted by Crippen LogP contribution is 2.32. The van der Waals surface area contributed by atoms with E-state index in [0.717, 1.165) is 16.7 Å². The molecular formula is C26H27NO3S. The lowest BCUT2D eigenvalue weighted by Gasteiger charge is -2.24. The number of nitrogens with zero attached hydrogens (tertiary/aromatic N) is 1. The largest absolute Gasteiger partial charge is 0.342 e. The summed E-state index contributed by atoms with van der Waals surface area (Å²) in [6.07, 6.45) is 0.753. The normalized spacial score (nSPS) is 18.5. The molecule has 0 radical (unpaired) electrons. The predicted molar refractivity (Wildman–Crippen MR) is 124 cm³/mol. The van der Waals surface area contributed by atoms with E-state index in [1.165, 1.54) is 0 Å². The Morgan fingerprint density at radius 1 is 0.806 bits per heavy atom. The second-order valence-corrected chi connectivity index (χ2v) is 10.3. The molecule has 0 spiro atoms. The second-order valence-electron chi connectivity index (χ2n) is 8.01. The van der Waals surface area contributed by atoms with Crippen molar-refractivity contribution in [2.24, 2.45) is 0 Å². The van der Waals surface area contributed by atoms with E-state index >= 15 is 0 Å². The van der Waals surface area contributed by atoms with E-state index in [9.17, 15) is 13.2 Å². The Morgan fingerprint density at radius 2 is 1.32 bits per heavy atom. The first-order valence-electron chi connectivity index (χ1n) is 10.7. The highest BCUT2D eigenvalue weighted by Gasteiger charge is 2.33. The van der Waals surface area contributed by atoms with Crippen LogP contribution in [0.25, 0.3) is 0 Å². The fourth-order valence-electron chi connectivity index (χ4n) is 4.34. The van der Waals surface area contributed by atoms with Gasteiger partial charge in [0.25, 0.3) is 0 Å². The van der Waals surface area contributed by atoms with Gasteiger partial charge >= 0.3 is 0 Å². The third-order valence-electron chi connectivity index (χ3n) is 6.05. The molecule has 1 saturated heterocycles. The molecule has 31 heavy (non-hydrogen) atoms. The molecule has 1 aliphatic rings. The van der Waals surface area contributed by atoms with Crippen LogP contribution in [0.1, 0.15) is 40.7 Å². The molecule has 4 rings (SSSR count). The average Bonchev–Trinajstić information content (AvgIpc) is 2.97. The molecule has 1 amide bonds. The number of hydrogen-bond donors (Lipinski definition) is 0. The zero-order chi connectivity index (χ0) is 21.7. The molecule has 0 saturated carbocycles. The number of carbonyl (C=O) groups excluding carboxylic acids is 1. The summed E-state index contributed by atoms with van der Waals surface area (Å²) in [7, 11) is -3.31. The van der Waals surface area contributed by atoms with Crippen LogP contribution in [-0.4, -0.2) is 38.1 Å². The third kappa shape index (κ3) is 5.05. The Bertz CT molecular complexity index is 1060. The zero-order valence-electron chi connectivity index (χ0n) is 17.4. The molecule has 4 nitrogen and oxygen atoms in total. The van der Waals surface area contributed by atoms with E-state index in [-0.39, 0.29) is 24.1 Å². The number of rotatable bonds is 5. The molecular weight excluding hydrogens is 406 g/mol. The lowest BCUT2D eigenvalue weighted by Crippen LogP contribution is -2.34. The molecule has 0 N–H and O–H groups in total. The molecule has 5 heteroatoms. The summed E-state index contributed by atoms with van der Waals surface area (Å²) in [5.41, 5.74) is 2.99. The Balaban J connectivity index is 1.53. The number of amides is 1. The average molecular weight is 434 g/mol. The molecule has 1 aliphatic heterocycles. The van der Waals surface area contributed by atoms with Gasteiger partial charge in [-0.05, 0) is 23.1 Å². The van der Waals surface area contributed by atoms with Crippen molar-refractivity contribution in [3.63, 3.8) is 0 Å². The quantitative estimate of drug-likeness (QED) is 0.591. The van der Waals surface area contributed by atoms with Crippen molar-refractivity contribution >= 4 is 15.7 Å². The SMILES string of the molecule is O=C(CC(c1ccccc1)c1ccccc1)N1CCC(c2ccccc2)S(=O)(=O)CC1. The van der Waals surface area contributed by atoms with Gasteiger partial charge in [0.15, 0.2) is 9.84 Å². The van der Waals surface area contributed by atoms with Crippen molar-refractivity contribution in [1.82, 2.24) is 4.90 Å². The van der Waals surface area contributed by atoms with Crippen molar-refractivity contribution < 1.29 is 13.2 Å². The summed E-state index contributed by atoms with van der Waals surface area (Å²) < 4.78 is 25.8. The summed E-state index contributed by atoms with van der Waals surface area (Å²) in [5.74, 6) is -0.0547. The van der Waals surface area contributed by atoms with E-state index in [1.807, 2.05) is 91.0 Å². The molecule has 1 fully saturated rings. The smallest absolute Gasteiger partial charge is 0.223 e.